The maximum atomic E-state index is 5.35. The van der Waals surface area contributed by atoms with Crippen molar-refractivity contribution in [2.75, 3.05) is 14.2 Å². The summed E-state index contributed by atoms with van der Waals surface area (Å²) in [5.74, 6) is 13.9. The van der Waals surface area contributed by atoms with E-state index in [1.165, 1.54) is 0 Å². The van der Waals surface area contributed by atoms with Gasteiger partial charge in [-0.15, -0.1) is 0 Å². The average molecular weight is 226 g/mol. The molecule has 2 bridgehead atoms. The zero-order valence-electron chi connectivity index (χ0n) is 10.1. The zero-order valence-corrected chi connectivity index (χ0v) is 10.1. The fourth-order valence-corrected chi connectivity index (χ4v) is 1.80. The number of hydrogen-bond donors (Lipinski definition) is 0. The zero-order chi connectivity index (χ0) is 12.1. The molecular weight excluding hydrogens is 212 g/mol. The van der Waals surface area contributed by atoms with Crippen molar-refractivity contribution in [3.05, 3.63) is 23.3 Å². The molecule has 0 radical (unpaired) electrons. The van der Waals surface area contributed by atoms with Gasteiger partial charge in [0.1, 0.15) is 11.5 Å². The lowest BCUT2D eigenvalue weighted by atomic mass is 10.0. The molecule has 17 heavy (non-hydrogen) atoms. The van der Waals surface area contributed by atoms with Crippen LogP contribution in [-0.2, 0) is 12.8 Å². The largest absolute Gasteiger partial charge is 0.496 e. The molecule has 1 aromatic rings. The lowest BCUT2D eigenvalue weighted by Gasteiger charge is -2.12. The summed E-state index contributed by atoms with van der Waals surface area (Å²) >= 11 is 0. The molecule has 0 saturated carbocycles. The van der Waals surface area contributed by atoms with Crippen molar-refractivity contribution >= 4 is 0 Å². The molecule has 0 aliphatic heterocycles. The monoisotopic (exact) mass is 226 g/mol. The molecule has 1 aromatic carbocycles. The molecule has 0 aromatic heterocycles. The molecule has 0 fully saturated rings. The minimum atomic E-state index is 0.634. The van der Waals surface area contributed by atoms with Gasteiger partial charge in [0, 0.05) is 30.0 Å². The molecule has 2 nitrogen and oxygen atoms in total. The Morgan fingerprint density at radius 3 is 1.82 bits per heavy atom. The third kappa shape index (κ3) is 2.55. The highest BCUT2D eigenvalue weighted by molar-refractivity contribution is 5.49. The first-order valence-electron chi connectivity index (χ1n) is 5.50. The van der Waals surface area contributed by atoms with Crippen molar-refractivity contribution in [1.29, 1.82) is 0 Å². The molecular formula is C15H14O2. The van der Waals surface area contributed by atoms with Gasteiger partial charge in [-0.2, -0.15) is 0 Å². The Bertz CT molecular complexity index is 491. The molecule has 0 spiro atoms. The van der Waals surface area contributed by atoms with Crippen LogP contribution in [-0.4, -0.2) is 14.2 Å². The van der Waals surface area contributed by atoms with Crippen LogP contribution in [0.15, 0.2) is 12.1 Å². The highest BCUT2D eigenvalue weighted by Crippen LogP contribution is 2.29. The molecule has 0 atom stereocenters. The maximum Gasteiger partial charge on any atom is 0.126 e. The van der Waals surface area contributed by atoms with Gasteiger partial charge in [0.05, 0.1) is 20.6 Å². The number of ether oxygens (including phenoxy) is 2. The van der Waals surface area contributed by atoms with E-state index < -0.39 is 0 Å². The van der Waals surface area contributed by atoms with Crippen LogP contribution >= 0.6 is 0 Å². The van der Waals surface area contributed by atoms with Gasteiger partial charge in [-0.3, -0.25) is 0 Å². The van der Waals surface area contributed by atoms with E-state index in [1.807, 2.05) is 6.07 Å². The van der Waals surface area contributed by atoms with Crippen LogP contribution in [0.5, 0.6) is 11.5 Å². The van der Waals surface area contributed by atoms with E-state index in [2.05, 4.69) is 29.7 Å². The van der Waals surface area contributed by atoms with Crippen molar-refractivity contribution < 1.29 is 9.47 Å². The van der Waals surface area contributed by atoms with Crippen LogP contribution < -0.4 is 9.47 Å². The van der Waals surface area contributed by atoms with Crippen molar-refractivity contribution in [2.24, 2.45) is 0 Å². The Morgan fingerprint density at radius 1 is 0.824 bits per heavy atom. The molecule has 2 rings (SSSR count). The van der Waals surface area contributed by atoms with Crippen molar-refractivity contribution in [3.8, 4) is 35.2 Å². The second kappa shape index (κ2) is 5.32. The van der Waals surface area contributed by atoms with Crippen molar-refractivity contribution in [1.82, 2.24) is 0 Å². The predicted molar refractivity (Wildman–Crippen MR) is 67.1 cm³/mol. The lowest BCUT2D eigenvalue weighted by Crippen LogP contribution is -1.98. The molecule has 0 N–H and O–H groups in total. The fraction of sp³-hybridized carbons (Fsp3) is 0.333. The SMILES string of the molecule is COc1cc(OC)c2cc1CC#CCC#CC2. The number of fused-ring (bicyclic) bond motifs is 2. The summed E-state index contributed by atoms with van der Waals surface area (Å²) in [7, 11) is 3.33. The van der Waals surface area contributed by atoms with Crippen LogP contribution in [0.1, 0.15) is 17.5 Å². The number of hydrogen-bond acceptors (Lipinski definition) is 2. The number of rotatable bonds is 2. The third-order valence-electron chi connectivity index (χ3n) is 2.67. The van der Waals surface area contributed by atoms with Gasteiger partial charge in [0.15, 0.2) is 0 Å². The Balaban J connectivity index is 2.51. The summed E-state index contributed by atoms with van der Waals surface area (Å²) in [6.45, 7) is 0. The Morgan fingerprint density at radius 2 is 1.35 bits per heavy atom. The van der Waals surface area contributed by atoms with Crippen LogP contribution in [0.2, 0.25) is 0 Å². The second-order valence-electron chi connectivity index (χ2n) is 3.71. The van der Waals surface area contributed by atoms with E-state index in [1.54, 1.807) is 14.2 Å². The van der Waals surface area contributed by atoms with Crippen molar-refractivity contribution in [3.63, 3.8) is 0 Å². The van der Waals surface area contributed by atoms with Crippen LogP contribution in [0.3, 0.4) is 0 Å². The summed E-state index contributed by atoms with van der Waals surface area (Å²) in [6.07, 6.45) is 2.03. The van der Waals surface area contributed by atoms with E-state index in [4.69, 9.17) is 9.47 Å². The van der Waals surface area contributed by atoms with Crippen molar-refractivity contribution in [2.45, 2.75) is 19.3 Å². The second-order valence-corrected chi connectivity index (χ2v) is 3.71. The minimum absolute atomic E-state index is 0.634. The normalized spacial score (nSPS) is 12.6. The Labute approximate surface area is 102 Å². The summed E-state index contributed by atoms with van der Waals surface area (Å²) in [5.41, 5.74) is 2.19. The molecule has 0 saturated heterocycles. The van der Waals surface area contributed by atoms with Crippen LogP contribution in [0, 0.1) is 23.7 Å². The van der Waals surface area contributed by atoms with Gasteiger partial charge in [-0.25, -0.2) is 0 Å². The average Bonchev–Trinajstić information content (AvgIpc) is 2.37. The van der Waals surface area contributed by atoms with Crippen LogP contribution in [0.25, 0.3) is 0 Å². The molecule has 0 heterocycles. The standard InChI is InChI=1S/C15H14O2/c1-16-14-11-15(17-2)13-9-7-5-3-4-6-8-12(14)10-13/h10-11H,3,8-9H2,1-2H3. The first-order valence-corrected chi connectivity index (χ1v) is 5.50. The fourth-order valence-electron chi connectivity index (χ4n) is 1.80. The van der Waals surface area contributed by atoms with Gasteiger partial charge in [0.25, 0.3) is 0 Å². The van der Waals surface area contributed by atoms with E-state index >= 15 is 0 Å². The van der Waals surface area contributed by atoms with E-state index in [-0.39, 0.29) is 0 Å². The molecule has 0 unspecified atom stereocenters. The van der Waals surface area contributed by atoms with E-state index in [9.17, 15) is 0 Å². The van der Waals surface area contributed by atoms with E-state index in [0.717, 1.165) is 22.6 Å². The van der Waals surface area contributed by atoms with Crippen LogP contribution in [0.4, 0.5) is 0 Å². The first kappa shape index (κ1) is 11.4. The summed E-state index contributed by atoms with van der Waals surface area (Å²) in [5, 5.41) is 0. The smallest absolute Gasteiger partial charge is 0.126 e. The summed E-state index contributed by atoms with van der Waals surface area (Å²) in [4.78, 5) is 0. The molecule has 86 valence electrons. The summed E-state index contributed by atoms with van der Waals surface area (Å²) in [6, 6.07) is 3.99. The molecule has 0 amide bonds. The van der Waals surface area contributed by atoms with Gasteiger partial charge in [-0.05, 0) is 6.07 Å². The highest BCUT2D eigenvalue weighted by atomic mass is 16.5. The Kier molecular flexibility index (Phi) is 3.58. The number of benzene rings is 1. The quantitative estimate of drug-likeness (QED) is 0.720. The predicted octanol–water partition coefficient (Wildman–Crippen LogP) is 2.20. The first-order chi connectivity index (χ1) is 8.35. The van der Waals surface area contributed by atoms with Gasteiger partial charge in [-0.1, -0.05) is 23.7 Å². The summed E-state index contributed by atoms with van der Waals surface area (Å²) < 4.78 is 10.7. The lowest BCUT2D eigenvalue weighted by molar-refractivity contribution is 0.389. The topological polar surface area (TPSA) is 18.5 Å². The van der Waals surface area contributed by atoms with Gasteiger partial charge in [0.2, 0.25) is 0 Å². The molecule has 1 aliphatic rings. The number of methoxy groups -OCH3 is 2. The Hall–Kier alpha value is -2.06. The maximum absolute atomic E-state index is 5.35. The molecule has 2 heteroatoms. The van der Waals surface area contributed by atoms with E-state index in [0.29, 0.717) is 19.3 Å². The van der Waals surface area contributed by atoms with Gasteiger partial charge < -0.3 is 9.47 Å². The highest BCUT2D eigenvalue weighted by Gasteiger charge is 2.10. The minimum Gasteiger partial charge on any atom is -0.496 e. The molecule has 1 aliphatic carbocycles. The third-order valence-corrected chi connectivity index (χ3v) is 2.67. The van der Waals surface area contributed by atoms with Gasteiger partial charge >= 0.3 is 0 Å².